The average Bonchev–Trinajstić information content (AvgIpc) is 2.74. The molecular formula is C23H30N4O4S. The third-order valence-electron chi connectivity index (χ3n) is 5.89. The SMILES string of the molecule is Cc1cccc(N=C(SCC(=O)N2[C@H](C)CCC[C@@H]2C)c2c(O)n(C)c(=O)n(C)c2=O)c1. The van der Waals surface area contributed by atoms with Crippen LogP contribution >= 0.6 is 11.8 Å². The number of aliphatic imine (C=N–C) groups is 1. The third kappa shape index (κ3) is 4.82. The monoisotopic (exact) mass is 458 g/mol. The van der Waals surface area contributed by atoms with Crippen molar-refractivity contribution in [3.63, 3.8) is 0 Å². The topological polar surface area (TPSA) is 96.9 Å². The van der Waals surface area contributed by atoms with E-state index in [0.29, 0.717) is 5.69 Å². The van der Waals surface area contributed by atoms with Crippen LogP contribution in [0, 0.1) is 6.92 Å². The second kappa shape index (κ2) is 9.77. The number of piperidine rings is 1. The van der Waals surface area contributed by atoms with Gasteiger partial charge >= 0.3 is 5.69 Å². The van der Waals surface area contributed by atoms with Crippen molar-refractivity contribution in [2.24, 2.45) is 19.1 Å². The van der Waals surface area contributed by atoms with Crippen molar-refractivity contribution >= 4 is 28.4 Å². The fourth-order valence-electron chi connectivity index (χ4n) is 4.11. The van der Waals surface area contributed by atoms with Gasteiger partial charge in [-0.05, 0) is 57.7 Å². The Morgan fingerprint density at radius 2 is 1.81 bits per heavy atom. The third-order valence-corrected chi connectivity index (χ3v) is 6.85. The van der Waals surface area contributed by atoms with Gasteiger partial charge in [-0.15, -0.1) is 0 Å². The van der Waals surface area contributed by atoms with Crippen molar-refractivity contribution < 1.29 is 9.90 Å². The van der Waals surface area contributed by atoms with E-state index in [0.717, 1.165) is 45.7 Å². The second-order valence-corrected chi connectivity index (χ2v) is 9.34. The zero-order chi connectivity index (χ0) is 23.6. The number of thioether (sulfide) groups is 1. The van der Waals surface area contributed by atoms with Gasteiger partial charge in [-0.2, -0.15) is 0 Å². The van der Waals surface area contributed by atoms with E-state index in [9.17, 15) is 19.5 Å². The number of benzene rings is 1. The summed E-state index contributed by atoms with van der Waals surface area (Å²) in [6, 6.07) is 7.72. The molecule has 0 bridgehead atoms. The number of nitrogens with zero attached hydrogens (tertiary/aromatic N) is 4. The Morgan fingerprint density at radius 3 is 2.44 bits per heavy atom. The Morgan fingerprint density at radius 1 is 1.16 bits per heavy atom. The minimum atomic E-state index is -0.656. The zero-order valence-corrected chi connectivity index (χ0v) is 20.0. The molecule has 0 unspecified atom stereocenters. The van der Waals surface area contributed by atoms with E-state index in [1.165, 1.54) is 14.1 Å². The van der Waals surface area contributed by atoms with E-state index in [1.807, 2.05) is 30.0 Å². The first-order valence-electron chi connectivity index (χ1n) is 10.7. The molecule has 2 heterocycles. The lowest BCUT2D eigenvalue weighted by molar-refractivity contribution is -0.134. The molecule has 3 rings (SSSR count). The van der Waals surface area contributed by atoms with E-state index >= 15 is 0 Å². The van der Waals surface area contributed by atoms with Crippen LogP contribution in [0.5, 0.6) is 5.88 Å². The fourth-order valence-corrected chi connectivity index (χ4v) is 5.02. The highest BCUT2D eigenvalue weighted by atomic mass is 32.2. The van der Waals surface area contributed by atoms with Gasteiger partial charge in [0.25, 0.3) is 5.56 Å². The number of aromatic hydroxyl groups is 1. The average molecular weight is 459 g/mol. The first-order valence-corrected chi connectivity index (χ1v) is 11.7. The first-order chi connectivity index (χ1) is 15.1. The summed E-state index contributed by atoms with van der Waals surface area (Å²) >= 11 is 1.10. The molecule has 1 N–H and O–H groups in total. The number of likely N-dealkylation sites (tertiary alicyclic amines) is 1. The molecule has 9 heteroatoms. The van der Waals surface area contributed by atoms with E-state index in [2.05, 4.69) is 18.8 Å². The van der Waals surface area contributed by atoms with Gasteiger partial charge in [0.2, 0.25) is 11.8 Å². The number of hydrogen-bond donors (Lipinski definition) is 1. The van der Waals surface area contributed by atoms with Crippen LogP contribution in [0.15, 0.2) is 38.8 Å². The summed E-state index contributed by atoms with van der Waals surface area (Å²) in [5.74, 6) is -0.429. The van der Waals surface area contributed by atoms with Crippen LogP contribution < -0.4 is 11.2 Å². The fraction of sp³-hybridized carbons (Fsp3) is 0.478. The van der Waals surface area contributed by atoms with Gasteiger partial charge in [-0.1, -0.05) is 23.9 Å². The molecule has 0 saturated carbocycles. The summed E-state index contributed by atoms with van der Waals surface area (Å²) in [4.78, 5) is 44.7. The molecule has 8 nitrogen and oxygen atoms in total. The minimum Gasteiger partial charge on any atom is -0.494 e. The first kappa shape index (κ1) is 23.8. The molecule has 0 spiro atoms. The lowest BCUT2D eigenvalue weighted by Gasteiger charge is -2.39. The molecule has 1 aliphatic heterocycles. The van der Waals surface area contributed by atoms with Crippen molar-refractivity contribution in [3.05, 3.63) is 56.2 Å². The minimum absolute atomic E-state index is 0.0345. The van der Waals surface area contributed by atoms with Crippen LogP contribution in [0.25, 0.3) is 0 Å². The molecule has 32 heavy (non-hydrogen) atoms. The lowest BCUT2D eigenvalue weighted by atomic mass is 9.98. The van der Waals surface area contributed by atoms with Crippen molar-refractivity contribution in [1.29, 1.82) is 0 Å². The quantitative estimate of drug-likeness (QED) is 0.561. The zero-order valence-electron chi connectivity index (χ0n) is 19.2. The predicted octanol–water partition coefficient (Wildman–Crippen LogP) is 2.70. The van der Waals surface area contributed by atoms with E-state index in [1.54, 1.807) is 6.07 Å². The second-order valence-electron chi connectivity index (χ2n) is 8.38. The van der Waals surface area contributed by atoms with Crippen molar-refractivity contribution in [2.45, 2.75) is 52.1 Å². The smallest absolute Gasteiger partial charge is 0.333 e. The van der Waals surface area contributed by atoms with Crippen LogP contribution in [0.1, 0.15) is 44.2 Å². The number of hydrogen-bond acceptors (Lipinski definition) is 6. The summed E-state index contributed by atoms with van der Waals surface area (Å²) < 4.78 is 1.93. The van der Waals surface area contributed by atoms with Crippen molar-refractivity contribution in [1.82, 2.24) is 14.0 Å². The maximum atomic E-state index is 13.1. The molecule has 2 aromatic rings. The standard InChI is InChI=1S/C23H30N4O4S/c1-14-8-6-11-17(12-14)24-20(19-21(29)25(4)23(31)26(5)22(19)30)32-13-18(28)27-15(2)9-7-10-16(27)3/h6,8,11-12,15-16,29H,7,9-10,13H2,1-5H3/t15-,16+. The molecule has 0 radical (unpaired) electrons. The molecule has 1 aliphatic rings. The van der Waals surface area contributed by atoms with Gasteiger partial charge in [-0.3, -0.25) is 18.7 Å². The molecule has 1 amide bonds. The summed E-state index contributed by atoms with van der Waals surface area (Å²) in [5.41, 5.74) is 0.198. The predicted molar refractivity (Wildman–Crippen MR) is 128 cm³/mol. The molecule has 2 atom stereocenters. The van der Waals surface area contributed by atoms with Gasteiger partial charge in [0, 0.05) is 26.2 Å². The molecule has 1 fully saturated rings. The lowest BCUT2D eigenvalue weighted by Crippen LogP contribution is -2.48. The highest BCUT2D eigenvalue weighted by molar-refractivity contribution is 8.15. The number of rotatable bonds is 4. The Kier molecular flexibility index (Phi) is 7.28. The van der Waals surface area contributed by atoms with Crippen molar-refractivity contribution in [3.8, 4) is 5.88 Å². The Labute approximate surface area is 191 Å². The van der Waals surface area contributed by atoms with Crippen LogP contribution in [0.3, 0.4) is 0 Å². The maximum Gasteiger partial charge on any atom is 0.333 e. The summed E-state index contributed by atoms with van der Waals surface area (Å²) in [5, 5.41) is 10.8. The van der Waals surface area contributed by atoms with Crippen LogP contribution in [-0.4, -0.2) is 47.9 Å². The summed E-state index contributed by atoms with van der Waals surface area (Å²) in [7, 11) is 2.74. The van der Waals surface area contributed by atoms with Crippen LogP contribution in [0.2, 0.25) is 0 Å². The summed E-state index contributed by atoms with van der Waals surface area (Å²) in [6.07, 6.45) is 3.03. The number of aromatic nitrogens is 2. The molecular weight excluding hydrogens is 428 g/mol. The van der Waals surface area contributed by atoms with E-state index < -0.39 is 17.1 Å². The van der Waals surface area contributed by atoms with Crippen LogP contribution in [-0.2, 0) is 18.9 Å². The number of carbonyl (C=O) groups is 1. The van der Waals surface area contributed by atoms with E-state index in [4.69, 9.17) is 0 Å². The Bertz CT molecular complexity index is 1160. The normalized spacial score (nSPS) is 19.3. The summed E-state index contributed by atoms with van der Waals surface area (Å²) in [6.45, 7) is 6.03. The number of carbonyl (C=O) groups excluding carboxylic acids is 1. The van der Waals surface area contributed by atoms with Gasteiger partial charge in [-0.25, -0.2) is 9.79 Å². The van der Waals surface area contributed by atoms with Gasteiger partial charge in [0.1, 0.15) is 10.6 Å². The molecule has 1 aromatic heterocycles. The number of aryl methyl sites for hydroxylation is 1. The molecule has 1 aromatic carbocycles. The van der Waals surface area contributed by atoms with E-state index in [-0.39, 0.29) is 34.4 Å². The van der Waals surface area contributed by atoms with Gasteiger partial charge in [0.05, 0.1) is 11.4 Å². The largest absolute Gasteiger partial charge is 0.494 e. The van der Waals surface area contributed by atoms with Gasteiger partial charge in [0.15, 0.2) is 0 Å². The number of amides is 1. The Hall–Kier alpha value is -2.81. The molecule has 1 saturated heterocycles. The van der Waals surface area contributed by atoms with Crippen LogP contribution in [0.4, 0.5) is 5.69 Å². The van der Waals surface area contributed by atoms with Crippen molar-refractivity contribution in [2.75, 3.05) is 5.75 Å². The van der Waals surface area contributed by atoms with Gasteiger partial charge < -0.3 is 10.0 Å². The molecule has 0 aliphatic carbocycles. The Balaban J connectivity index is 2.03. The maximum absolute atomic E-state index is 13.1. The molecule has 172 valence electrons. The highest BCUT2D eigenvalue weighted by Gasteiger charge is 2.30. The highest BCUT2D eigenvalue weighted by Crippen LogP contribution is 2.27.